The molecule has 3 heterocycles. The average molecular weight is 306 g/mol. The molecule has 2 aromatic heterocycles. The minimum Gasteiger partial charge on any atom is -0.388 e. The second-order valence-electron chi connectivity index (χ2n) is 5.67. The Morgan fingerprint density at radius 2 is 2.14 bits per heavy atom. The summed E-state index contributed by atoms with van der Waals surface area (Å²) in [6, 6.07) is 0. The molecule has 1 fully saturated rings. The fourth-order valence-electron chi connectivity index (χ4n) is 2.61. The molecule has 2 aromatic rings. The van der Waals surface area contributed by atoms with Gasteiger partial charge in [-0.15, -0.1) is 0 Å². The second-order valence-corrected chi connectivity index (χ2v) is 5.67. The maximum absolute atomic E-state index is 14.7. The molecule has 0 aliphatic carbocycles. The highest BCUT2D eigenvalue weighted by atomic mass is 19.1. The van der Waals surface area contributed by atoms with Crippen molar-refractivity contribution in [3.63, 3.8) is 0 Å². The molecule has 0 aromatic carbocycles. The van der Waals surface area contributed by atoms with E-state index in [0.717, 1.165) is 5.56 Å². The van der Waals surface area contributed by atoms with Gasteiger partial charge in [0.05, 0.1) is 11.7 Å². The topological polar surface area (TPSA) is 70.2 Å². The van der Waals surface area contributed by atoms with Crippen molar-refractivity contribution in [1.29, 1.82) is 0 Å². The summed E-state index contributed by atoms with van der Waals surface area (Å²) >= 11 is 0. The number of halogens is 1. The zero-order valence-electron chi connectivity index (χ0n) is 12.6. The van der Waals surface area contributed by atoms with E-state index in [1.54, 1.807) is 11.1 Å². The zero-order valence-corrected chi connectivity index (χ0v) is 12.6. The minimum atomic E-state index is -0.592. The summed E-state index contributed by atoms with van der Waals surface area (Å²) in [5.74, 6) is -0.703. The number of nitrogens with one attached hydrogen (secondary N) is 2. The Kier molecular flexibility index (Phi) is 3.98. The number of carbonyl (C=O) groups is 1. The molecule has 1 saturated heterocycles. The lowest BCUT2D eigenvalue weighted by Gasteiger charge is -2.26. The molecule has 0 atom stereocenters. The molecular formula is C15H19FN4O2. The highest BCUT2D eigenvalue weighted by Gasteiger charge is 2.23. The normalized spacial score (nSPS) is 15.5. The molecule has 1 aliphatic rings. The molecular weight excluding hydrogens is 287 g/mol. The molecule has 22 heavy (non-hydrogen) atoms. The third kappa shape index (κ3) is 2.64. The van der Waals surface area contributed by atoms with Crippen LogP contribution in [0.4, 0.5) is 9.18 Å². The van der Waals surface area contributed by atoms with Gasteiger partial charge < -0.3 is 19.9 Å². The SMILES string of the molecule is CC(C)c1c[nH]c2cnc(OC(=O)N3CCNCC3)c(F)c12. The number of aromatic nitrogens is 2. The van der Waals surface area contributed by atoms with Crippen LogP contribution in [0, 0.1) is 5.82 Å². The first kappa shape index (κ1) is 14.8. The Labute approximate surface area is 127 Å². The highest BCUT2D eigenvalue weighted by Crippen LogP contribution is 2.31. The summed E-state index contributed by atoms with van der Waals surface area (Å²) in [7, 11) is 0. The number of fused-ring (bicyclic) bond motifs is 1. The predicted molar refractivity (Wildman–Crippen MR) is 80.6 cm³/mol. The van der Waals surface area contributed by atoms with Crippen LogP contribution in [0.25, 0.3) is 10.9 Å². The predicted octanol–water partition coefficient (Wildman–Crippen LogP) is 2.23. The van der Waals surface area contributed by atoms with E-state index < -0.39 is 11.9 Å². The van der Waals surface area contributed by atoms with Gasteiger partial charge in [-0.3, -0.25) is 0 Å². The van der Waals surface area contributed by atoms with Crippen molar-refractivity contribution >= 4 is 17.0 Å². The molecule has 2 N–H and O–H groups in total. The first-order chi connectivity index (χ1) is 10.6. The molecule has 0 bridgehead atoms. The molecule has 6 nitrogen and oxygen atoms in total. The van der Waals surface area contributed by atoms with E-state index in [9.17, 15) is 9.18 Å². The largest absolute Gasteiger partial charge is 0.416 e. The number of H-pyrrole nitrogens is 1. The van der Waals surface area contributed by atoms with Crippen LogP contribution in [0.15, 0.2) is 12.4 Å². The Balaban J connectivity index is 1.89. The number of hydrogen-bond acceptors (Lipinski definition) is 4. The number of amides is 1. The van der Waals surface area contributed by atoms with Gasteiger partial charge in [0.25, 0.3) is 5.88 Å². The molecule has 0 saturated carbocycles. The molecule has 1 amide bonds. The Bertz CT molecular complexity index is 692. The summed E-state index contributed by atoms with van der Waals surface area (Å²) in [5, 5.41) is 3.58. The van der Waals surface area contributed by atoms with Crippen molar-refractivity contribution in [2.24, 2.45) is 0 Å². The van der Waals surface area contributed by atoms with E-state index in [2.05, 4.69) is 15.3 Å². The van der Waals surface area contributed by atoms with Gasteiger partial charge in [-0.25, -0.2) is 14.2 Å². The fourth-order valence-corrected chi connectivity index (χ4v) is 2.61. The maximum atomic E-state index is 14.7. The lowest BCUT2D eigenvalue weighted by Crippen LogP contribution is -2.47. The highest BCUT2D eigenvalue weighted by molar-refractivity contribution is 5.85. The van der Waals surface area contributed by atoms with Crippen LogP contribution in [0.5, 0.6) is 5.88 Å². The Morgan fingerprint density at radius 1 is 1.41 bits per heavy atom. The molecule has 0 spiro atoms. The van der Waals surface area contributed by atoms with Crippen molar-refractivity contribution in [3.8, 4) is 5.88 Å². The molecule has 7 heteroatoms. The maximum Gasteiger partial charge on any atom is 0.416 e. The number of rotatable bonds is 2. The third-order valence-electron chi connectivity index (χ3n) is 3.84. The molecule has 3 rings (SSSR count). The molecule has 0 radical (unpaired) electrons. The zero-order chi connectivity index (χ0) is 15.7. The minimum absolute atomic E-state index is 0.155. The summed E-state index contributed by atoms with van der Waals surface area (Å²) in [6.07, 6.45) is 2.70. The summed E-state index contributed by atoms with van der Waals surface area (Å²) < 4.78 is 19.8. The van der Waals surface area contributed by atoms with Crippen LogP contribution in [0.3, 0.4) is 0 Å². The van der Waals surface area contributed by atoms with E-state index in [-0.39, 0.29) is 11.8 Å². The number of nitrogens with zero attached hydrogens (tertiary/aromatic N) is 2. The van der Waals surface area contributed by atoms with Crippen LogP contribution >= 0.6 is 0 Å². The van der Waals surface area contributed by atoms with Gasteiger partial charge in [-0.05, 0) is 11.5 Å². The van der Waals surface area contributed by atoms with Gasteiger partial charge in [0, 0.05) is 37.8 Å². The number of aromatic amines is 1. The first-order valence-corrected chi connectivity index (χ1v) is 7.41. The van der Waals surface area contributed by atoms with Crippen molar-refractivity contribution in [2.45, 2.75) is 19.8 Å². The van der Waals surface area contributed by atoms with Crippen LogP contribution in [-0.2, 0) is 0 Å². The molecule has 0 unspecified atom stereocenters. The summed E-state index contributed by atoms with van der Waals surface area (Å²) in [4.78, 5) is 20.5. The molecule has 1 aliphatic heterocycles. The number of piperazine rings is 1. The standard InChI is InChI=1S/C15H19FN4O2/c1-9(2)10-7-18-11-8-19-14(13(16)12(10)11)22-15(21)20-5-3-17-4-6-20/h7-9,17-18H,3-6H2,1-2H3. The van der Waals surface area contributed by atoms with E-state index in [0.29, 0.717) is 37.1 Å². The number of carbonyl (C=O) groups excluding carboxylic acids is 1. The number of ether oxygens (including phenoxy) is 1. The lowest BCUT2D eigenvalue weighted by molar-refractivity contribution is 0.142. The van der Waals surface area contributed by atoms with E-state index in [1.165, 1.54) is 6.20 Å². The quantitative estimate of drug-likeness (QED) is 0.892. The first-order valence-electron chi connectivity index (χ1n) is 7.41. The van der Waals surface area contributed by atoms with Crippen molar-refractivity contribution in [3.05, 3.63) is 23.8 Å². The van der Waals surface area contributed by atoms with Gasteiger partial charge >= 0.3 is 6.09 Å². The van der Waals surface area contributed by atoms with Gasteiger partial charge in [0.1, 0.15) is 0 Å². The summed E-state index contributed by atoms with van der Waals surface area (Å²) in [5.41, 5.74) is 1.44. The monoisotopic (exact) mass is 306 g/mol. The summed E-state index contributed by atoms with van der Waals surface area (Å²) in [6.45, 7) is 6.47. The van der Waals surface area contributed by atoms with Crippen LogP contribution < -0.4 is 10.1 Å². The van der Waals surface area contributed by atoms with Gasteiger partial charge in [-0.2, -0.15) is 0 Å². The van der Waals surface area contributed by atoms with Gasteiger partial charge in [0.15, 0.2) is 5.82 Å². The Morgan fingerprint density at radius 3 is 2.82 bits per heavy atom. The van der Waals surface area contributed by atoms with E-state index >= 15 is 0 Å². The van der Waals surface area contributed by atoms with Crippen LogP contribution in [0.1, 0.15) is 25.3 Å². The van der Waals surface area contributed by atoms with E-state index in [4.69, 9.17) is 4.74 Å². The van der Waals surface area contributed by atoms with Gasteiger partial charge in [0.2, 0.25) is 0 Å². The third-order valence-corrected chi connectivity index (χ3v) is 3.84. The average Bonchev–Trinajstić information content (AvgIpc) is 2.96. The van der Waals surface area contributed by atoms with Crippen LogP contribution in [-0.4, -0.2) is 47.1 Å². The van der Waals surface area contributed by atoms with Crippen LogP contribution in [0.2, 0.25) is 0 Å². The van der Waals surface area contributed by atoms with Crippen molar-refractivity contribution in [1.82, 2.24) is 20.2 Å². The molecule has 118 valence electrons. The second kappa shape index (κ2) is 5.92. The number of pyridine rings is 1. The van der Waals surface area contributed by atoms with Gasteiger partial charge in [-0.1, -0.05) is 13.8 Å². The smallest absolute Gasteiger partial charge is 0.388 e. The lowest BCUT2D eigenvalue weighted by atomic mass is 10.0. The fraction of sp³-hybridized carbons (Fsp3) is 0.467. The van der Waals surface area contributed by atoms with E-state index in [1.807, 2.05) is 13.8 Å². The van der Waals surface area contributed by atoms with Crippen molar-refractivity contribution < 1.29 is 13.9 Å². The number of hydrogen-bond donors (Lipinski definition) is 2. The van der Waals surface area contributed by atoms with Crippen molar-refractivity contribution in [2.75, 3.05) is 26.2 Å². The Hall–Kier alpha value is -2.15.